The standard InChI is InChI=1S/C13H17N5O/c1-2-13(5-3-6-14-9-13)12-17-11(18-19-12)10-15-7-4-8-16-10/h4,7-8,14H,2-3,5-6,9H2,1H3. The summed E-state index contributed by atoms with van der Waals surface area (Å²) < 4.78 is 5.47. The third-order valence-corrected chi connectivity index (χ3v) is 3.79. The first-order chi connectivity index (χ1) is 9.34. The molecule has 2 aromatic rings. The van der Waals surface area contributed by atoms with Gasteiger partial charge >= 0.3 is 0 Å². The number of hydrogen-bond donors (Lipinski definition) is 1. The molecule has 19 heavy (non-hydrogen) atoms. The Kier molecular flexibility index (Phi) is 3.25. The predicted octanol–water partition coefficient (Wildman–Crippen LogP) is 1.56. The molecule has 0 aromatic carbocycles. The van der Waals surface area contributed by atoms with Gasteiger partial charge in [0.15, 0.2) is 0 Å². The van der Waals surface area contributed by atoms with E-state index in [9.17, 15) is 0 Å². The fourth-order valence-corrected chi connectivity index (χ4v) is 2.55. The quantitative estimate of drug-likeness (QED) is 0.901. The van der Waals surface area contributed by atoms with Crippen LogP contribution in [0.5, 0.6) is 0 Å². The third kappa shape index (κ3) is 2.23. The van der Waals surface area contributed by atoms with Crippen LogP contribution >= 0.6 is 0 Å². The Bertz CT molecular complexity index is 533. The number of rotatable bonds is 3. The van der Waals surface area contributed by atoms with Gasteiger partial charge in [-0.05, 0) is 31.9 Å². The maximum Gasteiger partial charge on any atom is 0.240 e. The summed E-state index contributed by atoms with van der Waals surface area (Å²) in [5.41, 5.74) is -0.0434. The van der Waals surface area contributed by atoms with Gasteiger partial charge in [-0.3, -0.25) is 0 Å². The molecule has 0 radical (unpaired) electrons. The molecule has 0 spiro atoms. The highest BCUT2D eigenvalue weighted by Crippen LogP contribution is 2.33. The van der Waals surface area contributed by atoms with Crippen LogP contribution in [0.15, 0.2) is 23.0 Å². The van der Waals surface area contributed by atoms with Crippen molar-refractivity contribution in [2.45, 2.75) is 31.6 Å². The van der Waals surface area contributed by atoms with E-state index >= 15 is 0 Å². The molecule has 1 aliphatic heterocycles. The number of nitrogens with zero attached hydrogens (tertiary/aromatic N) is 4. The van der Waals surface area contributed by atoms with Gasteiger partial charge in [0, 0.05) is 18.9 Å². The molecule has 100 valence electrons. The van der Waals surface area contributed by atoms with Crippen LogP contribution in [0.25, 0.3) is 11.6 Å². The van der Waals surface area contributed by atoms with Crippen molar-refractivity contribution in [1.29, 1.82) is 0 Å². The van der Waals surface area contributed by atoms with E-state index in [1.165, 1.54) is 0 Å². The zero-order valence-corrected chi connectivity index (χ0v) is 11.0. The van der Waals surface area contributed by atoms with Crippen molar-refractivity contribution in [3.8, 4) is 11.6 Å². The van der Waals surface area contributed by atoms with Gasteiger partial charge in [-0.2, -0.15) is 4.98 Å². The van der Waals surface area contributed by atoms with Gasteiger partial charge in [0.2, 0.25) is 17.5 Å². The molecule has 1 N–H and O–H groups in total. The molecule has 1 atom stereocenters. The Morgan fingerprint density at radius 3 is 2.84 bits per heavy atom. The van der Waals surface area contributed by atoms with Gasteiger partial charge in [-0.15, -0.1) is 0 Å². The molecule has 1 fully saturated rings. The van der Waals surface area contributed by atoms with Crippen molar-refractivity contribution in [2.24, 2.45) is 0 Å². The van der Waals surface area contributed by atoms with Crippen LogP contribution in [-0.4, -0.2) is 33.2 Å². The van der Waals surface area contributed by atoms with Crippen molar-refractivity contribution in [3.63, 3.8) is 0 Å². The molecule has 3 rings (SSSR count). The molecule has 0 bridgehead atoms. The van der Waals surface area contributed by atoms with Gasteiger partial charge in [-0.1, -0.05) is 12.1 Å². The van der Waals surface area contributed by atoms with E-state index in [-0.39, 0.29) is 5.41 Å². The smallest absolute Gasteiger partial charge is 0.240 e. The SMILES string of the molecule is CCC1(c2nc(-c3ncccn3)no2)CCCNC1. The summed E-state index contributed by atoms with van der Waals surface area (Å²) in [6.07, 6.45) is 6.55. The summed E-state index contributed by atoms with van der Waals surface area (Å²) in [5.74, 6) is 1.67. The minimum Gasteiger partial charge on any atom is -0.338 e. The monoisotopic (exact) mass is 259 g/mol. The van der Waals surface area contributed by atoms with Crippen molar-refractivity contribution in [3.05, 3.63) is 24.4 Å². The lowest BCUT2D eigenvalue weighted by molar-refractivity contribution is 0.221. The molecule has 0 amide bonds. The number of aromatic nitrogens is 4. The first kappa shape index (κ1) is 12.2. The van der Waals surface area contributed by atoms with E-state index in [2.05, 4.69) is 32.3 Å². The summed E-state index contributed by atoms with van der Waals surface area (Å²) in [5, 5.41) is 7.43. The summed E-state index contributed by atoms with van der Waals surface area (Å²) in [6, 6.07) is 1.77. The van der Waals surface area contributed by atoms with E-state index < -0.39 is 0 Å². The normalized spacial score (nSPS) is 23.4. The Morgan fingerprint density at radius 1 is 1.32 bits per heavy atom. The van der Waals surface area contributed by atoms with Crippen LogP contribution in [0.1, 0.15) is 32.1 Å². The fourth-order valence-electron chi connectivity index (χ4n) is 2.55. The first-order valence-electron chi connectivity index (χ1n) is 6.66. The van der Waals surface area contributed by atoms with Crippen molar-refractivity contribution in [2.75, 3.05) is 13.1 Å². The van der Waals surface area contributed by atoms with Gasteiger partial charge in [0.25, 0.3) is 0 Å². The van der Waals surface area contributed by atoms with Crippen LogP contribution in [0.4, 0.5) is 0 Å². The highest BCUT2D eigenvalue weighted by atomic mass is 16.5. The third-order valence-electron chi connectivity index (χ3n) is 3.79. The van der Waals surface area contributed by atoms with E-state index in [1.807, 2.05) is 0 Å². The number of hydrogen-bond acceptors (Lipinski definition) is 6. The maximum atomic E-state index is 5.47. The Morgan fingerprint density at radius 2 is 2.16 bits per heavy atom. The molecule has 1 aliphatic rings. The average molecular weight is 259 g/mol. The summed E-state index contributed by atoms with van der Waals surface area (Å²) >= 11 is 0. The highest BCUT2D eigenvalue weighted by Gasteiger charge is 2.37. The van der Waals surface area contributed by atoms with Gasteiger partial charge in [0.1, 0.15) is 0 Å². The predicted molar refractivity (Wildman–Crippen MR) is 69.4 cm³/mol. The minimum absolute atomic E-state index is 0.0434. The Hall–Kier alpha value is -1.82. The van der Waals surface area contributed by atoms with Gasteiger partial charge in [0.05, 0.1) is 5.41 Å². The molecule has 2 aromatic heterocycles. The lowest BCUT2D eigenvalue weighted by atomic mass is 9.78. The minimum atomic E-state index is -0.0434. The largest absolute Gasteiger partial charge is 0.338 e. The molecular weight excluding hydrogens is 242 g/mol. The lowest BCUT2D eigenvalue weighted by Gasteiger charge is -2.33. The summed E-state index contributed by atoms with van der Waals surface area (Å²) in [6.45, 7) is 4.11. The van der Waals surface area contributed by atoms with Crippen molar-refractivity contribution < 1.29 is 4.52 Å². The van der Waals surface area contributed by atoms with E-state index in [4.69, 9.17) is 4.52 Å². The second kappa shape index (κ2) is 5.05. The molecular formula is C13H17N5O. The molecule has 0 aliphatic carbocycles. The zero-order valence-electron chi connectivity index (χ0n) is 11.0. The van der Waals surface area contributed by atoms with Crippen LogP contribution in [-0.2, 0) is 5.41 Å². The van der Waals surface area contributed by atoms with Gasteiger partial charge < -0.3 is 9.84 Å². The van der Waals surface area contributed by atoms with Crippen LogP contribution < -0.4 is 5.32 Å². The lowest BCUT2D eigenvalue weighted by Crippen LogP contribution is -2.43. The van der Waals surface area contributed by atoms with Crippen molar-refractivity contribution >= 4 is 0 Å². The van der Waals surface area contributed by atoms with Crippen molar-refractivity contribution in [1.82, 2.24) is 25.4 Å². The average Bonchev–Trinajstić information content (AvgIpc) is 2.99. The molecule has 3 heterocycles. The van der Waals surface area contributed by atoms with E-state index in [1.54, 1.807) is 18.5 Å². The van der Waals surface area contributed by atoms with E-state index in [0.29, 0.717) is 17.5 Å². The molecule has 6 heteroatoms. The second-order valence-corrected chi connectivity index (χ2v) is 4.91. The zero-order chi connectivity index (χ0) is 13.1. The first-order valence-corrected chi connectivity index (χ1v) is 6.66. The van der Waals surface area contributed by atoms with E-state index in [0.717, 1.165) is 32.4 Å². The fraction of sp³-hybridized carbons (Fsp3) is 0.538. The highest BCUT2D eigenvalue weighted by molar-refractivity contribution is 5.40. The topological polar surface area (TPSA) is 76.7 Å². The molecule has 6 nitrogen and oxygen atoms in total. The summed E-state index contributed by atoms with van der Waals surface area (Å²) in [7, 11) is 0. The second-order valence-electron chi connectivity index (χ2n) is 4.91. The van der Waals surface area contributed by atoms with Crippen LogP contribution in [0.2, 0.25) is 0 Å². The van der Waals surface area contributed by atoms with Crippen LogP contribution in [0, 0.1) is 0 Å². The summed E-state index contributed by atoms with van der Waals surface area (Å²) in [4.78, 5) is 12.8. The number of piperidine rings is 1. The molecule has 1 unspecified atom stereocenters. The van der Waals surface area contributed by atoms with Crippen LogP contribution in [0.3, 0.4) is 0 Å². The van der Waals surface area contributed by atoms with Gasteiger partial charge in [-0.25, -0.2) is 9.97 Å². The number of nitrogens with one attached hydrogen (secondary N) is 1. The maximum absolute atomic E-state index is 5.47. The molecule has 1 saturated heterocycles. The molecule has 0 saturated carbocycles. The Labute approximate surface area is 111 Å². The Balaban J connectivity index is 1.92.